The van der Waals surface area contributed by atoms with Gasteiger partial charge in [0.05, 0.1) is 18.2 Å². The number of nitrogens with one attached hydrogen (secondary N) is 1. The number of carbonyl (C=O) groups is 2. The molecule has 0 fully saturated rings. The molecule has 0 saturated heterocycles. The Balaban J connectivity index is 2.93. The van der Waals surface area contributed by atoms with Crippen LogP contribution in [-0.4, -0.2) is 32.3 Å². The molecule has 0 aromatic carbocycles. The first-order chi connectivity index (χ1) is 9.11. The molecule has 0 aliphatic heterocycles. The number of carboxylic acids is 1. The van der Waals surface area contributed by atoms with Crippen molar-refractivity contribution in [2.24, 2.45) is 0 Å². The number of hydrogen-bond donors (Lipinski definition) is 2. The molecule has 112 valence electrons. The van der Waals surface area contributed by atoms with E-state index in [4.69, 9.17) is 4.74 Å². The van der Waals surface area contributed by atoms with Crippen LogP contribution in [0.2, 0.25) is 0 Å². The van der Waals surface area contributed by atoms with E-state index in [1.807, 2.05) is 13.8 Å². The number of carboxylic acid groups (broad SMARTS) is 1. The second-order valence-electron chi connectivity index (χ2n) is 5.74. The molecule has 2 N–H and O–H groups in total. The Morgan fingerprint density at radius 1 is 1.40 bits per heavy atom. The van der Waals surface area contributed by atoms with Gasteiger partial charge in [0.25, 0.3) is 0 Å². The zero-order valence-corrected chi connectivity index (χ0v) is 12.4. The van der Waals surface area contributed by atoms with Crippen LogP contribution in [-0.2, 0) is 9.53 Å². The van der Waals surface area contributed by atoms with Gasteiger partial charge in [-0.1, -0.05) is 0 Å². The van der Waals surface area contributed by atoms with Gasteiger partial charge >= 0.3 is 12.1 Å². The first-order valence-corrected chi connectivity index (χ1v) is 6.36. The molecule has 1 atom stereocenters. The highest BCUT2D eigenvalue weighted by atomic mass is 16.6. The van der Waals surface area contributed by atoms with E-state index in [0.717, 1.165) is 0 Å². The summed E-state index contributed by atoms with van der Waals surface area (Å²) in [6.07, 6.45) is 2.18. The minimum Gasteiger partial charge on any atom is -0.479 e. The molecule has 1 unspecified atom stereocenters. The van der Waals surface area contributed by atoms with Crippen molar-refractivity contribution < 1.29 is 19.4 Å². The van der Waals surface area contributed by atoms with Crippen LogP contribution in [0.3, 0.4) is 0 Å². The van der Waals surface area contributed by atoms with Crippen LogP contribution in [0.1, 0.15) is 52.4 Å². The summed E-state index contributed by atoms with van der Waals surface area (Å²) in [6, 6.07) is -1.16. The molecule has 7 heteroatoms. The highest BCUT2D eigenvalue weighted by Gasteiger charge is 2.28. The average Bonchev–Trinajstić information content (AvgIpc) is 2.71. The minimum atomic E-state index is -1.20. The lowest BCUT2D eigenvalue weighted by atomic mass is 10.2. The van der Waals surface area contributed by atoms with Gasteiger partial charge in [-0.2, -0.15) is 0 Å². The third-order valence-corrected chi connectivity index (χ3v) is 2.46. The fraction of sp³-hybridized carbons (Fsp3) is 0.615. The van der Waals surface area contributed by atoms with E-state index >= 15 is 0 Å². The maximum Gasteiger partial charge on any atom is 0.408 e. The van der Waals surface area contributed by atoms with Gasteiger partial charge < -0.3 is 19.7 Å². The molecule has 20 heavy (non-hydrogen) atoms. The Kier molecular flexibility index (Phi) is 4.75. The number of ether oxygens (including phenoxy) is 1. The highest BCUT2D eigenvalue weighted by molar-refractivity contribution is 5.81. The lowest BCUT2D eigenvalue weighted by Crippen LogP contribution is -2.39. The van der Waals surface area contributed by atoms with Gasteiger partial charge in [0.1, 0.15) is 5.60 Å². The summed E-state index contributed by atoms with van der Waals surface area (Å²) in [5.41, 5.74) is -0.288. The summed E-state index contributed by atoms with van der Waals surface area (Å²) in [4.78, 5) is 27.0. The van der Waals surface area contributed by atoms with Gasteiger partial charge in [-0.05, 0) is 34.6 Å². The largest absolute Gasteiger partial charge is 0.479 e. The van der Waals surface area contributed by atoms with E-state index in [0.29, 0.717) is 5.69 Å². The van der Waals surface area contributed by atoms with E-state index in [-0.39, 0.29) is 6.04 Å². The number of aliphatic carboxylic acids is 1. The molecule has 1 amide bonds. The number of amides is 1. The molecule has 7 nitrogen and oxygen atoms in total. The molecular weight excluding hydrogens is 262 g/mol. The summed E-state index contributed by atoms with van der Waals surface area (Å²) in [7, 11) is 0. The van der Waals surface area contributed by atoms with Crippen molar-refractivity contribution in [1.82, 2.24) is 14.9 Å². The highest BCUT2D eigenvalue weighted by Crippen LogP contribution is 2.18. The molecular formula is C13H21N3O4. The van der Waals surface area contributed by atoms with Crippen molar-refractivity contribution in [3.8, 4) is 0 Å². The van der Waals surface area contributed by atoms with Crippen LogP contribution in [0.5, 0.6) is 0 Å². The molecule has 0 spiro atoms. The van der Waals surface area contributed by atoms with Crippen LogP contribution in [0.4, 0.5) is 4.79 Å². The van der Waals surface area contributed by atoms with E-state index in [2.05, 4.69) is 10.3 Å². The number of alkyl carbamates (subject to hydrolysis) is 1. The normalized spacial score (nSPS) is 13.1. The monoisotopic (exact) mass is 283 g/mol. The number of aromatic nitrogens is 2. The van der Waals surface area contributed by atoms with Crippen LogP contribution in [0.25, 0.3) is 0 Å². The fourth-order valence-corrected chi connectivity index (χ4v) is 1.66. The molecule has 1 rings (SSSR count). The first kappa shape index (κ1) is 16.0. The molecule has 1 heterocycles. The SMILES string of the molecule is CC(C)n1cncc1C(NC(=O)OC(C)(C)C)C(=O)O. The third-order valence-electron chi connectivity index (χ3n) is 2.46. The van der Waals surface area contributed by atoms with Crippen molar-refractivity contribution in [2.45, 2.75) is 52.3 Å². The van der Waals surface area contributed by atoms with Gasteiger partial charge in [0.15, 0.2) is 6.04 Å². The topological polar surface area (TPSA) is 93.5 Å². The Bertz CT molecular complexity index is 488. The minimum absolute atomic E-state index is 0.0368. The summed E-state index contributed by atoms with van der Waals surface area (Å²) < 4.78 is 6.76. The third kappa shape index (κ3) is 4.25. The summed E-state index contributed by atoms with van der Waals surface area (Å²) >= 11 is 0. The summed E-state index contributed by atoms with van der Waals surface area (Å²) in [5.74, 6) is -1.17. The molecule has 1 aromatic rings. The average molecular weight is 283 g/mol. The first-order valence-electron chi connectivity index (χ1n) is 6.36. The van der Waals surface area contributed by atoms with Crippen molar-refractivity contribution in [1.29, 1.82) is 0 Å². The van der Waals surface area contributed by atoms with Gasteiger partial charge in [-0.3, -0.25) is 0 Å². The van der Waals surface area contributed by atoms with Crippen molar-refractivity contribution in [3.05, 3.63) is 18.2 Å². The lowest BCUT2D eigenvalue weighted by Gasteiger charge is -2.23. The standard InChI is InChI=1S/C13H21N3O4/c1-8(2)16-7-14-6-9(16)10(11(17)18)15-12(19)20-13(3,4)5/h6-8,10H,1-5H3,(H,15,19)(H,17,18). The van der Waals surface area contributed by atoms with Crippen molar-refractivity contribution in [3.63, 3.8) is 0 Å². The van der Waals surface area contributed by atoms with Crippen LogP contribution in [0, 0.1) is 0 Å². The van der Waals surface area contributed by atoms with E-state index < -0.39 is 23.7 Å². The predicted molar refractivity (Wildman–Crippen MR) is 72.4 cm³/mol. The van der Waals surface area contributed by atoms with Crippen LogP contribution in [0.15, 0.2) is 12.5 Å². The molecule has 0 saturated carbocycles. The second kappa shape index (κ2) is 5.94. The smallest absolute Gasteiger partial charge is 0.408 e. The molecule has 0 aliphatic carbocycles. The summed E-state index contributed by atoms with van der Waals surface area (Å²) in [6.45, 7) is 8.93. The van der Waals surface area contributed by atoms with E-state index in [1.165, 1.54) is 12.5 Å². The van der Waals surface area contributed by atoms with Gasteiger partial charge in [-0.25, -0.2) is 14.6 Å². The molecule has 0 bridgehead atoms. The summed E-state index contributed by atoms with van der Waals surface area (Å²) in [5, 5.41) is 11.6. The molecule has 0 radical (unpaired) electrons. The van der Waals surface area contributed by atoms with Gasteiger partial charge in [0, 0.05) is 6.04 Å². The second-order valence-corrected chi connectivity index (χ2v) is 5.74. The fourth-order valence-electron chi connectivity index (χ4n) is 1.66. The number of rotatable bonds is 4. The van der Waals surface area contributed by atoms with E-state index in [1.54, 1.807) is 25.3 Å². The van der Waals surface area contributed by atoms with Crippen molar-refractivity contribution >= 4 is 12.1 Å². The Morgan fingerprint density at radius 3 is 2.45 bits per heavy atom. The lowest BCUT2D eigenvalue weighted by molar-refractivity contribution is -0.139. The van der Waals surface area contributed by atoms with Crippen LogP contribution < -0.4 is 5.32 Å². The Morgan fingerprint density at radius 2 is 2.00 bits per heavy atom. The maximum absolute atomic E-state index is 11.7. The quantitative estimate of drug-likeness (QED) is 0.882. The van der Waals surface area contributed by atoms with Crippen molar-refractivity contribution in [2.75, 3.05) is 0 Å². The zero-order chi connectivity index (χ0) is 15.5. The number of hydrogen-bond acceptors (Lipinski definition) is 4. The Hall–Kier alpha value is -2.05. The van der Waals surface area contributed by atoms with Crippen LogP contribution >= 0.6 is 0 Å². The number of imidazole rings is 1. The maximum atomic E-state index is 11.7. The van der Waals surface area contributed by atoms with Gasteiger partial charge in [0.2, 0.25) is 0 Å². The van der Waals surface area contributed by atoms with Gasteiger partial charge in [-0.15, -0.1) is 0 Å². The number of nitrogens with zero attached hydrogens (tertiary/aromatic N) is 2. The predicted octanol–water partition coefficient (Wildman–Crippen LogP) is 2.11. The zero-order valence-electron chi connectivity index (χ0n) is 12.4. The molecule has 1 aromatic heterocycles. The Labute approximate surface area is 118 Å². The number of carbonyl (C=O) groups excluding carboxylic acids is 1. The molecule has 0 aliphatic rings. The van der Waals surface area contributed by atoms with E-state index in [9.17, 15) is 14.7 Å².